The topological polar surface area (TPSA) is 40.5 Å². The largest absolute Gasteiger partial charge is 0.481 e. The molecule has 0 radical (unpaired) electrons. The van der Waals surface area contributed by atoms with Gasteiger partial charge in [-0.25, -0.2) is 0 Å². The first-order valence-corrected chi connectivity index (χ1v) is 9.13. The summed E-state index contributed by atoms with van der Waals surface area (Å²) in [5, 5.41) is 9.45. The molecule has 0 saturated carbocycles. The summed E-state index contributed by atoms with van der Waals surface area (Å²) in [5.41, 5.74) is 2.52. The second-order valence-electron chi connectivity index (χ2n) is 6.82. The number of carbonyl (C=O) groups is 1. The second kappa shape index (κ2) is 10.00. The van der Waals surface area contributed by atoms with Crippen LogP contribution < -0.4 is 0 Å². The first-order valence-electron chi connectivity index (χ1n) is 9.13. The summed E-state index contributed by atoms with van der Waals surface area (Å²) in [4.78, 5) is 13.9. The van der Waals surface area contributed by atoms with Crippen LogP contribution in [0.3, 0.4) is 0 Å². The van der Waals surface area contributed by atoms with Crippen LogP contribution in [0.25, 0.3) is 0 Å². The lowest BCUT2D eigenvalue weighted by Crippen LogP contribution is -2.34. The van der Waals surface area contributed by atoms with E-state index in [-0.39, 0.29) is 11.8 Å². The monoisotopic (exact) mass is 339 g/mol. The van der Waals surface area contributed by atoms with Crippen molar-refractivity contribution in [3.8, 4) is 0 Å². The van der Waals surface area contributed by atoms with Crippen molar-refractivity contribution in [3.63, 3.8) is 0 Å². The molecule has 1 N–H and O–H groups in total. The van der Waals surface area contributed by atoms with Gasteiger partial charge in [0.2, 0.25) is 0 Å². The van der Waals surface area contributed by atoms with Crippen LogP contribution in [0.5, 0.6) is 0 Å². The molecule has 0 bridgehead atoms. The van der Waals surface area contributed by atoms with E-state index in [9.17, 15) is 9.90 Å². The second-order valence-corrected chi connectivity index (χ2v) is 6.82. The van der Waals surface area contributed by atoms with Gasteiger partial charge in [-0.3, -0.25) is 9.69 Å². The summed E-state index contributed by atoms with van der Waals surface area (Å²) in [6, 6.07) is 20.8. The van der Waals surface area contributed by atoms with Crippen molar-refractivity contribution < 1.29 is 9.90 Å². The Morgan fingerprint density at radius 2 is 1.44 bits per heavy atom. The van der Waals surface area contributed by atoms with Gasteiger partial charge in [-0.15, -0.1) is 0 Å². The Hall–Kier alpha value is -2.13. The molecule has 2 unspecified atom stereocenters. The summed E-state index contributed by atoms with van der Waals surface area (Å²) >= 11 is 0. The number of aliphatic carboxylic acids is 1. The van der Waals surface area contributed by atoms with Crippen LogP contribution in [0.4, 0.5) is 0 Å². The molecule has 0 aliphatic heterocycles. The average Bonchev–Trinajstić information content (AvgIpc) is 2.62. The molecule has 0 spiro atoms. The number of rotatable bonds is 10. The minimum Gasteiger partial charge on any atom is -0.481 e. The molecular formula is C22H29NO2. The predicted molar refractivity (Wildman–Crippen MR) is 102 cm³/mol. The lowest BCUT2D eigenvalue weighted by Gasteiger charge is -2.29. The molecule has 3 nitrogen and oxygen atoms in total. The van der Waals surface area contributed by atoms with Crippen LogP contribution in [0.2, 0.25) is 0 Å². The highest BCUT2D eigenvalue weighted by Crippen LogP contribution is 2.22. The van der Waals surface area contributed by atoms with E-state index in [1.165, 1.54) is 11.1 Å². The summed E-state index contributed by atoms with van der Waals surface area (Å²) in [7, 11) is 0. The normalized spacial score (nSPS) is 13.6. The third kappa shape index (κ3) is 6.35. The summed E-state index contributed by atoms with van der Waals surface area (Å²) in [6.07, 6.45) is 1.94. The maximum atomic E-state index is 11.5. The Kier molecular flexibility index (Phi) is 7.68. The molecule has 0 aliphatic rings. The van der Waals surface area contributed by atoms with Crippen LogP contribution in [0.15, 0.2) is 60.7 Å². The number of carboxylic acids is 1. The highest BCUT2D eigenvalue weighted by Gasteiger charge is 2.25. The standard InChI is InChI=1S/C22H29NO2/c1-3-10-21(18(2)22(24)25)17-23(15-19-11-6-4-7-12-19)16-20-13-8-5-9-14-20/h4-9,11-14,18,21H,3,10,15-17H2,1-2H3,(H,24,25). The predicted octanol–water partition coefficient (Wildman–Crippen LogP) is 4.83. The molecule has 3 heteroatoms. The maximum absolute atomic E-state index is 11.5. The molecule has 0 heterocycles. The minimum atomic E-state index is -0.696. The molecule has 0 amide bonds. The molecule has 134 valence electrons. The zero-order chi connectivity index (χ0) is 18.1. The van der Waals surface area contributed by atoms with Gasteiger partial charge in [0.25, 0.3) is 0 Å². The van der Waals surface area contributed by atoms with Gasteiger partial charge in [0.05, 0.1) is 5.92 Å². The summed E-state index contributed by atoms with van der Waals surface area (Å²) in [6.45, 7) is 6.43. The van der Waals surface area contributed by atoms with E-state index >= 15 is 0 Å². The van der Waals surface area contributed by atoms with Crippen molar-refractivity contribution in [3.05, 3.63) is 71.8 Å². The van der Waals surface area contributed by atoms with Gasteiger partial charge in [0.15, 0.2) is 0 Å². The van der Waals surface area contributed by atoms with Gasteiger partial charge in [0.1, 0.15) is 0 Å². The van der Waals surface area contributed by atoms with Crippen molar-refractivity contribution in [2.75, 3.05) is 6.54 Å². The van der Waals surface area contributed by atoms with Crippen LogP contribution in [0, 0.1) is 11.8 Å². The van der Waals surface area contributed by atoms with Gasteiger partial charge in [-0.2, -0.15) is 0 Å². The third-order valence-corrected chi connectivity index (χ3v) is 4.75. The van der Waals surface area contributed by atoms with Crippen molar-refractivity contribution in [1.82, 2.24) is 4.90 Å². The Morgan fingerprint density at radius 3 is 1.84 bits per heavy atom. The Morgan fingerprint density at radius 1 is 0.960 bits per heavy atom. The van der Waals surface area contributed by atoms with E-state index in [4.69, 9.17) is 0 Å². The number of benzene rings is 2. The van der Waals surface area contributed by atoms with E-state index in [1.807, 2.05) is 19.1 Å². The molecule has 2 aromatic rings. The van der Waals surface area contributed by atoms with Gasteiger partial charge in [-0.1, -0.05) is 80.9 Å². The minimum absolute atomic E-state index is 0.162. The van der Waals surface area contributed by atoms with E-state index in [0.29, 0.717) is 0 Å². The van der Waals surface area contributed by atoms with E-state index in [1.54, 1.807) is 0 Å². The molecule has 0 saturated heterocycles. The lowest BCUT2D eigenvalue weighted by molar-refractivity contribution is -0.143. The Labute approximate surface area is 151 Å². The van der Waals surface area contributed by atoms with Gasteiger partial charge >= 0.3 is 5.97 Å². The van der Waals surface area contributed by atoms with Crippen molar-refractivity contribution in [2.45, 2.75) is 39.8 Å². The highest BCUT2D eigenvalue weighted by atomic mass is 16.4. The van der Waals surface area contributed by atoms with Crippen LogP contribution in [-0.2, 0) is 17.9 Å². The first kappa shape index (κ1) is 19.2. The summed E-state index contributed by atoms with van der Waals surface area (Å²) in [5.74, 6) is -0.859. The van der Waals surface area contributed by atoms with Crippen molar-refractivity contribution in [2.24, 2.45) is 11.8 Å². The molecule has 0 aliphatic carbocycles. The van der Waals surface area contributed by atoms with Gasteiger partial charge in [0, 0.05) is 19.6 Å². The number of carboxylic acid groups (broad SMARTS) is 1. The first-order chi connectivity index (χ1) is 12.1. The van der Waals surface area contributed by atoms with Crippen LogP contribution >= 0.6 is 0 Å². The van der Waals surface area contributed by atoms with Crippen LogP contribution in [0.1, 0.15) is 37.8 Å². The molecule has 0 fully saturated rings. The Balaban J connectivity index is 2.15. The van der Waals surface area contributed by atoms with Crippen molar-refractivity contribution in [1.29, 1.82) is 0 Å². The zero-order valence-corrected chi connectivity index (χ0v) is 15.3. The number of hydrogen-bond donors (Lipinski definition) is 1. The number of hydrogen-bond acceptors (Lipinski definition) is 2. The average molecular weight is 339 g/mol. The molecule has 2 atom stereocenters. The van der Waals surface area contributed by atoms with Gasteiger partial charge < -0.3 is 5.11 Å². The maximum Gasteiger partial charge on any atom is 0.306 e. The fourth-order valence-corrected chi connectivity index (χ4v) is 3.27. The van der Waals surface area contributed by atoms with E-state index < -0.39 is 5.97 Å². The summed E-state index contributed by atoms with van der Waals surface area (Å²) < 4.78 is 0. The SMILES string of the molecule is CCCC(CN(Cc1ccccc1)Cc1ccccc1)C(C)C(=O)O. The highest BCUT2D eigenvalue weighted by molar-refractivity contribution is 5.69. The van der Waals surface area contributed by atoms with E-state index in [2.05, 4.69) is 60.4 Å². The molecule has 0 aromatic heterocycles. The Bertz CT molecular complexity index is 585. The quantitative estimate of drug-likeness (QED) is 0.674. The molecule has 2 rings (SSSR count). The molecule has 25 heavy (non-hydrogen) atoms. The smallest absolute Gasteiger partial charge is 0.306 e. The zero-order valence-electron chi connectivity index (χ0n) is 15.3. The van der Waals surface area contributed by atoms with Gasteiger partial charge in [-0.05, 0) is 23.5 Å². The number of nitrogens with zero attached hydrogens (tertiary/aromatic N) is 1. The lowest BCUT2D eigenvalue weighted by atomic mass is 9.89. The fourth-order valence-electron chi connectivity index (χ4n) is 3.27. The fraction of sp³-hybridized carbons (Fsp3) is 0.409. The molecule has 2 aromatic carbocycles. The van der Waals surface area contributed by atoms with Crippen molar-refractivity contribution >= 4 is 5.97 Å². The third-order valence-electron chi connectivity index (χ3n) is 4.75. The van der Waals surface area contributed by atoms with E-state index in [0.717, 1.165) is 32.5 Å². The molecular weight excluding hydrogens is 310 g/mol. The van der Waals surface area contributed by atoms with Crippen LogP contribution in [-0.4, -0.2) is 22.5 Å².